The van der Waals surface area contributed by atoms with E-state index in [0.29, 0.717) is 11.1 Å². The molecule has 0 atom stereocenters. The van der Waals surface area contributed by atoms with E-state index in [1.807, 2.05) is 13.8 Å². The van der Waals surface area contributed by atoms with Crippen molar-refractivity contribution in [3.05, 3.63) is 59.4 Å². The van der Waals surface area contributed by atoms with Crippen LogP contribution in [0.5, 0.6) is 0 Å². The van der Waals surface area contributed by atoms with Crippen molar-refractivity contribution in [1.29, 1.82) is 5.26 Å². The average molecular weight is 265 g/mol. The number of carbonyl (C=O) groups excluding carboxylic acids is 1. The van der Waals surface area contributed by atoms with Gasteiger partial charge in [-0.05, 0) is 37.6 Å². The lowest BCUT2D eigenvalue weighted by Gasteiger charge is -2.02. The van der Waals surface area contributed by atoms with E-state index >= 15 is 0 Å². The van der Waals surface area contributed by atoms with Gasteiger partial charge in [0, 0.05) is 12.2 Å². The zero-order chi connectivity index (χ0) is 14.5. The molecule has 2 rings (SSSR count). The second-order valence-corrected chi connectivity index (χ2v) is 4.73. The van der Waals surface area contributed by atoms with Gasteiger partial charge in [0.1, 0.15) is 0 Å². The molecule has 4 heteroatoms. The van der Waals surface area contributed by atoms with Crippen LogP contribution < -0.4 is 0 Å². The van der Waals surface area contributed by atoms with Crippen molar-refractivity contribution in [2.45, 2.75) is 19.9 Å². The van der Waals surface area contributed by atoms with Gasteiger partial charge in [-0.15, -0.1) is 0 Å². The molecular weight excluding hydrogens is 250 g/mol. The van der Waals surface area contributed by atoms with Crippen molar-refractivity contribution >= 4 is 11.9 Å². The number of rotatable bonds is 4. The number of aromatic nitrogens is 2. The number of allylic oxidation sites excluding steroid dienone is 1. The summed E-state index contributed by atoms with van der Waals surface area (Å²) >= 11 is 0. The van der Waals surface area contributed by atoms with Gasteiger partial charge in [0.05, 0.1) is 23.4 Å². The van der Waals surface area contributed by atoms with Gasteiger partial charge in [-0.25, -0.2) is 0 Å². The van der Waals surface area contributed by atoms with Crippen LogP contribution in [0.15, 0.2) is 42.7 Å². The van der Waals surface area contributed by atoms with Crippen molar-refractivity contribution in [1.82, 2.24) is 9.78 Å². The minimum atomic E-state index is -0.0822. The highest BCUT2D eigenvalue weighted by Crippen LogP contribution is 2.09. The van der Waals surface area contributed by atoms with Gasteiger partial charge in [-0.2, -0.15) is 10.4 Å². The van der Waals surface area contributed by atoms with Crippen LogP contribution in [0.3, 0.4) is 0 Å². The summed E-state index contributed by atoms with van der Waals surface area (Å²) < 4.78 is 1.75. The average Bonchev–Trinajstić information content (AvgIpc) is 2.95. The molecule has 20 heavy (non-hydrogen) atoms. The van der Waals surface area contributed by atoms with Gasteiger partial charge >= 0.3 is 0 Å². The SMILES string of the molecule is CC(C)n1cc(C(=O)/C=C\c2ccc(C#N)cc2)cn1. The third-order valence-corrected chi connectivity index (χ3v) is 2.88. The summed E-state index contributed by atoms with van der Waals surface area (Å²) in [5.41, 5.74) is 2.06. The Morgan fingerprint density at radius 2 is 2.05 bits per heavy atom. The maximum atomic E-state index is 12.0. The molecule has 0 unspecified atom stereocenters. The molecule has 0 bridgehead atoms. The number of benzene rings is 1. The van der Waals surface area contributed by atoms with Crippen LogP contribution in [0.2, 0.25) is 0 Å². The number of nitriles is 1. The predicted molar refractivity (Wildman–Crippen MR) is 77.1 cm³/mol. The summed E-state index contributed by atoms with van der Waals surface area (Å²) in [6.45, 7) is 4.02. The predicted octanol–water partition coefficient (Wildman–Crippen LogP) is 3.23. The van der Waals surface area contributed by atoms with E-state index in [4.69, 9.17) is 5.26 Å². The summed E-state index contributed by atoms with van der Waals surface area (Å²) in [4.78, 5) is 12.0. The second kappa shape index (κ2) is 5.98. The largest absolute Gasteiger partial charge is 0.289 e. The van der Waals surface area contributed by atoms with Crippen LogP contribution in [0.25, 0.3) is 6.08 Å². The van der Waals surface area contributed by atoms with Gasteiger partial charge in [-0.1, -0.05) is 18.2 Å². The summed E-state index contributed by atoms with van der Waals surface area (Å²) in [5.74, 6) is -0.0822. The molecule has 0 saturated heterocycles. The van der Waals surface area contributed by atoms with E-state index in [2.05, 4.69) is 11.2 Å². The van der Waals surface area contributed by atoms with E-state index < -0.39 is 0 Å². The molecule has 0 aliphatic rings. The summed E-state index contributed by atoms with van der Waals surface area (Å²) in [6.07, 6.45) is 6.57. The van der Waals surface area contributed by atoms with Crippen molar-refractivity contribution < 1.29 is 4.79 Å². The van der Waals surface area contributed by atoms with E-state index in [9.17, 15) is 4.79 Å². The van der Waals surface area contributed by atoms with Gasteiger partial charge in [0.15, 0.2) is 5.78 Å². The molecule has 0 fully saturated rings. The van der Waals surface area contributed by atoms with Crippen molar-refractivity contribution in [2.75, 3.05) is 0 Å². The first-order chi connectivity index (χ1) is 9.60. The van der Waals surface area contributed by atoms with E-state index in [1.54, 1.807) is 47.4 Å². The first-order valence-electron chi connectivity index (χ1n) is 6.37. The molecule has 0 saturated carbocycles. The number of hydrogen-bond donors (Lipinski definition) is 0. The Labute approximate surface area is 118 Å². The van der Waals surface area contributed by atoms with E-state index in [-0.39, 0.29) is 11.8 Å². The lowest BCUT2D eigenvalue weighted by molar-refractivity contribution is 0.104. The Hall–Kier alpha value is -2.67. The highest BCUT2D eigenvalue weighted by molar-refractivity contribution is 6.06. The summed E-state index contributed by atoms with van der Waals surface area (Å²) in [6, 6.07) is 9.35. The molecule has 100 valence electrons. The van der Waals surface area contributed by atoms with Crippen molar-refractivity contribution in [3.63, 3.8) is 0 Å². The van der Waals surface area contributed by atoms with Gasteiger partial charge < -0.3 is 0 Å². The van der Waals surface area contributed by atoms with Crippen LogP contribution in [0.4, 0.5) is 0 Å². The van der Waals surface area contributed by atoms with E-state index in [0.717, 1.165) is 5.56 Å². The number of nitrogens with zero attached hydrogens (tertiary/aromatic N) is 3. The summed E-state index contributed by atoms with van der Waals surface area (Å²) in [5, 5.41) is 12.9. The zero-order valence-corrected chi connectivity index (χ0v) is 11.4. The molecule has 0 amide bonds. The van der Waals surface area contributed by atoms with E-state index in [1.165, 1.54) is 6.08 Å². The van der Waals surface area contributed by atoms with Crippen LogP contribution in [0, 0.1) is 11.3 Å². The molecule has 0 spiro atoms. The van der Waals surface area contributed by atoms with Crippen LogP contribution in [-0.2, 0) is 0 Å². The topological polar surface area (TPSA) is 58.7 Å². The van der Waals surface area contributed by atoms with Crippen molar-refractivity contribution in [3.8, 4) is 6.07 Å². The molecule has 1 aromatic carbocycles. The van der Waals surface area contributed by atoms with Crippen LogP contribution in [-0.4, -0.2) is 15.6 Å². The fourth-order valence-electron chi connectivity index (χ4n) is 1.68. The standard InChI is InChI=1S/C16H15N3O/c1-12(2)19-11-15(10-18-19)16(20)8-7-13-3-5-14(9-17)6-4-13/h3-8,10-12H,1-2H3/b8-7-. The smallest absolute Gasteiger partial charge is 0.189 e. The van der Waals surface area contributed by atoms with Gasteiger partial charge in [-0.3, -0.25) is 9.48 Å². The molecule has 1 heterocycles. The lowest BCUT2D eigenvalue weighted by atomic mass is 10.1. The van der Waals surface area contributed by atoms with Crippen LogP contribution in [0.1, 0.15) is 41.4 Å². The minimum Gasteiger partial charge on any atom is -0.289 e. The Bertz CT molecular complexity index is 672. The molecular formula is C16H15N3O. The molecule has 0 radical (unpaired) electrons. The maximum Gasteiger partial charge on any atom is 0.189 e. The fourth-order valence-corrected chi connectivity index (χ4v) is 1.68. The minimum absolute atomic E-state index is 0.0822. The number of carbonyl (C=O) groups is 1. The number of ketones is 1. The Balaban J connectivity index is 2.09. The Morgan fingerprint density at radius 1 is 1.35 bits per heavy atom. The maximum absolute atomic E-state index is 12.0. The Morgan fingerprint density at radius 3 is 2.60 bits per heavy atom. The first-order valence-corrected chi connectivity index (χ1v) is 6.37. The Kier molecular flexibility index (Phi) is 4.11. The highest BCUT2D eigenvalue weighted by Gasteiger charge is 2.06. The van der Waals surface area contributed by atoms with Gasteiger partial charge in [0.2, 0.25) is 0 Å². The summed E-state index contributed by atoms with van der Waals surface area (Å²) in [7, 11) is 0. The molecule has 0 N–H and O–H groups in total. The monoisotopic (exact) mass is 265 g/mol. The normalized spacial score (nSPS) is 10.9. The molecule has 2 aromatic rings. The molecule has 0 aliphatic carbocycles. The fraction of sp³-hybridized carbons (Fsp3) is 0.188. The third kappa shape index (κ3) is 3.21. The van der Waals surface area contributed by atoms with Crippen molar-refractivity contribution in [2.24, 2.45) is 0 Å². The molecule has 0 aliphatic heterocycles. The zero-order valence-electron chi connectivity index (χ0n) is 11.4. The molecule has 4 nitrogen and oxygen atoms in total. The molecule has 1 aromatic heterocycles. The van der Waals surface area contributed by atoms with Gasteiger partial charge in [0.25, 0.3) is 0 Å². The third-order valence-electron chi connectivity index (χ3n) is 2.88. The second-order valence-electron chi connectivity index (χ2n) is 4.73. The van der Waals surface area contributed by atoms with Crippen LogP contribution >= 0.6 is 0 Å². The first kappa shape index (κ1) is 13.8. The number of hydrogen-bond acceptors (Lipinski definition) is 3. The lowest BCUT2D eigenvalue weighted by Crippen LogP contribution is -2.00. The quantitative estimate of drug-likeness (QED) is 0.630. The highest BCUT2D eigenvalue weighted by atomic mass is 16.1.